The van der Waals surface area contributed by atoms with Crippen molar-refractivity contribution in [3.8, 4) is 5.75 Å². The van der Waals surface area contributed by atoms with Gasteiger partial charge in [-0.25, -0.2) is 10.2 Å². The second-order valence-corrected chi connectivity index (χ2v) is 9.83. The molecule has 3 N–H and O–H groups in total. The molecule has 1 atom stereocenters. The minimum absolute atomic E-state index is 0.0400. The molecule has 0 saturated heterocycles. The zero-order valence-corrected chi connectivity index (χ0v) is 20.0. The molecule has 1 saturated carbocycles. The lowest BCUT2D eigenvalue weighted by atomic mass is 9.95. The quantitative estimate of drug-likeness (QED) is 0.339. The lowest BCUT2D eigenvalue weighted by Gasteiger charge is -2.20. The van der Waals surface area contributed by atoms with E-state index in [-0.39, 0.29) is 17.6 Å². The summed E-state index contributed by atoms with van der Waals surface area (Å²) in [6.07, 6.45) is 1.83. The number of hydrogen-bond donors (Lipinski definition) is 3. The van der Waals surface area contributed by atoms with Gasteiger partial charge >= 0.3 is 12.6 Å². The first-order chi connectivity index (χ1) is 15.6. The van der Waals surface area contributed by atoms with Crippen molar-refractivity contribution in [2.75, 3.05) is 19.4 Å². The average molecular weight is 481 g/mol. The molecule has 3 rings (SSSR count). The Balaban J connectivity index is 1.68. The van der Waals surface area contributed by atoms with Crippen molar-refractivity contribution in [1.82, 2.24) is 15.2 Å². The van der Waals surface area contributed by atoms with E-state index in [2.05, 4.69) is 20.3 Å². The zero-order valence-electron chi connectivity index (χ0n) is 19.2. The molecule has 180 valence electrons. The topological polar surface area (TPSA) is 88.7 Å². The molecule has 0 radical (unpaired) electrons. The van der Waals surface area contributed by atoms with Crippen LogP contribution in [0.3, 0.4) is 0 Å². The van der Waals surface area contributed by atoms with Crippen LogP contribution in [0, 0.1) is 0 Å². The number of amides is 2. The van der Waals surface area contributed by atoms with Crippen LogP contribution in [0.4, 0.5) is 19.3 Å². The Hall–Kier alpha value is -2.40. The second kappa shape index (κ2) is 11.1. The van der Waals surface area contributed by atoms with Gasteiger partial charge < -0.3 is 19.5 Å². The van der Waals surface area contributed by atoms with E-state index in [1.807, 2.05) is 45.0 Å². The number of anilines is 1. The highest BCUT2D eigenvalue weighted by Crippen LogP contribution is 2.47. The summed E-state index contributed by atoms with van der Waals surface area (Å²) in [5.74, 6) is 0.224. The van der Waals surface area contributed by atoms with Crippen molar-refractivity contribution in [1.29, 1.82) is 0 Å². The van der Waals surface area contributed by atoms with Crippen molar-refractivity contribution in [3.63, 3.8) is 0 Å². The molecule has 1 fully saturated rings. The number of benzene rings is 2. The highest BCUT2D eigenvalue weighted by molar-refractivity contribution is 7.89. The molecular weight excluding hydrogens is 450 g/mol. The monoisotopic (exact) mass is 480 g/mol. The van der Waals surface area contributed by atoms with Crippen LogP contribution in [-0.2, 0) is 17.9 Å². The van der Waals surface area contributed by atoms with Crippen molar-refractivity contribution in [2.24, 2.45) is 0 Å². The van der Waals surface area contributed by atoms with Crippen LogP contribution < -0.4 is 20.3 Å². The molecule has 0 aliphatic heterocycles. The fraction of sp³-hybridized carbons (Fsp3) is 0.435. The molecule has 0 heterocycles. The minimum Gasteiger partial charge on any atom is -0.592 e. The van der Waals surface area contributed by atoms with Crippen molar-refractivity contribution in [3.05, 3.63) is 53.1 Å². The van der Waals surface area contributed by atoms with Crippen LogP contribution in [0.15, 0.2) is 41.3 Å². The predicted octanol–water partition coefficient (Wildman–Crippen LogP) is 4.70. The van der Waals surface area contributed by atoms with Gasteiger partial charge in [-0.3, -0.25) is 0 Å². The van der Waals surface area contributed by atoms with E-state index in [1.54, 1.807) is 18.2 Å². The van der Waals surface area contributed by atoms with E-state index < -0.39 is 24.0 Å². The molecule has 7 nitrogen and oxygen atoms in total. The lowest BCUT2D eigenvalue weighted by Crippen LogP contribution is -2.44. The maximum Gasteiger partial charge on any atom is 0.387 e. The van der Waals surface area contributed by atoms with Gasteiger partial charge in [0.2, 0.25) is 0 Å². The van der Waals surface area contributed by atoms with Gasteiger partial charge in [-0.05, 0) is 84.6 Å². The minimum atomic E-state index is -2.92. The summed E-state index contributed by atoms with van der Waals surface area (Å²) in [5, 5.41) is 2.80. The third-order valence-corrected chi connectivity index (χ3v) is 6.16. The van der Waals surface area contributed by atoms with Gasteiger partial charge in [0.25, 0.3) is 0 Å². The Morgan fingerprint density at radius 1 is 1.21 bits per heavy atom. The smallest absolute Gasteiger partial charge is 0.387 e. The van der Waals surface area contributed by atoms with Crippen molar-refractivity contribution >= 4 is 23.1 Å². The summed E-state index contributed by atoms with van der Waals surface area (Å²) in [6.45, 7) is 1.67. The molecule has 1 unspecified atom stereocenters. The van der Waals surface area contributed by atoms with E-state index in [4.69, 9.17) is 0 Å². The Morgan fingerprint density at radius 3 is 2.42 bits per heavy atom. The summed E-state index contributed by atoms with van der Waals surface area (Å²) in [4.78, 5) is 17.6. The third kappa shape index (κ3) is 7.29. The van der Waals surface area contributed by atoms with Gasteiger partial charge in [0.1, 0.15) is 5.75 Å². The third-order valence-electron chi connectivity index (χ3n) is 5.17. The lowest BCUT2D eigenvalue weighted by molar-refractivity contribution is -0.0499. The highest BCUT2D eigenvalue weighted by Gasteiger charge is 2.30. The first-order valence-electron chi connectivity index (χ1n) is 10.7. The van der Waals surface area contributed by atoms with Crippen LogP contribution in [0.2, 0.25) is 0 Å². The van der Waals surface area contributed by atoms with Gasteiger partial charge in [0.15, 0.2) is 4.90 Å². The van der Waals surface area contributed by atoms with Gasteiger partial charge in [0.05, 0.1) is 11.4 Å². The average Bonchev–Trinajstić information content (AvgIpc) is 3.57. The number of ether oxygens (including phenoxy) is 1. The Kier molecular flexibility index (Phi) is 8.52. The van der Waals surface area contributed by atoms with Crippen LogP contribution >= 0.6 is 0 Å². The Morgan fingerprint density at radius 2 is 1.88 bits per heavy atom. The SMILES string of the molecule is CC(C)c1cc(OC(F)F)cc(C2CC2)c1NC(=O)NN[S+]([O-])c1ccc(CN(C)C)cc1. The Bertz CT molecular complexity index is 930. The van der Waals surface area contributed by atoms with E-state index >= 15 is 0 Å². The molecule has 1 aliphatic carbocycles. The summed E-state index contributed by atoms with van der Waals surface area (Å²) in [6, 6.07) is 9.74. The molecule has 0 bridgehead atoms. The number of hydrazine groups is 1. The van der Waals surface area contributed by atoms with Crippen LogP contribution in [0.5, 0.6) is 5.75 Å². The number of nitrogens with zero attached hydrogens (tertiary/aromatic N) is 1. The van der Waals surface area contributed by atoms with Gasteiger partial charge in [-0.1, -0.05) is 26.0 Å². The van der Waals surface area contributed by atoms with E-state index in [9.17, 15) is 18.1 Å². The number of halogens is 2. The standard InChI is InChI=1S/C23H30F2N4O3S/c1-14(2)19-11-17(32-22(24)25)12-20(16-7-8-16)21(19)26-23(30)27-28-33(31)18-9-5-15(6-10-18)13-29(3)4/h5-6,9-12,14,16,22,28H,7-8,13H2,1-4H3,(H2,26,27,30). The van der Waals surface area contributed by atoms with Crippen LogP contribution in [-0.4, -0.2) is 36.2 Å². The molecule has 2 amide bonds. The molecule has 2 aromatic carbocycles. The van der Waals surface area contributed by atoms with Crippen LogP contribution in [0.1, 0.15) is 55.2 Å². The number of hydrogen-bond acceptors (Lipinski definition) is 5. The summed E-state index contributed by atoms with van der Waals surface area (Å²) in [5.41, 5.74) is 5.54. The molecule has 1 aliphatic rings. The number of rotatable bonds is 10. The van der Waals surface area contributed by atoms with E-state index in [0.717, 1.165) is 30.5 Å². The fourth-order valence-electron chi connectivity index (χ4n) is 3.53. The van der Waals surface area contributed by atoms with Crippen molar-refractivity contribution in [2.45, 2.75) is 56.6 Å². The molecule has 0 aromatic heterocycles. The van der Waals surface area contributed by atoms with Gasteiger partial charge in [-0.2, -0.15) is 8.78 Å². The number of alkyl halides is 2. The highest BCUT2D eigenvalue weighted by atomic mass is 32.2. The summed E-state index contributed by atoms with van der Waals surface area (Å²) < 4.78 is 42.7. The van der Waals surface area contributed by atoms with Gasteiger partial charge in [0, 0.05) is 12.2 Å². The van der Waals surface area contributed by atoms with Crippen molar-refractivity contribution < 1.29 is 22.9 Å². The first kappa shape index (κ1) is 25.2. The Labute approximate surface area is 196 Å². The summed E-state index contributed by atoms with van der Waals surface area (Å²) >= 11 is -1.65. The number of carbonyl (C=O) groups excluding carboxylic acids is 1. The predicted molar refractivity (Wildman–Crippen MR) is 125 cm³/mol. The maximum atomic E-state index is 12.8. The van der Waals surface area contributed by atoms with Crippen LogP contribution in [0.25, 0.3) is 0 Å². The molecule has 33 heavy (non-hydrogen) atoms. The van der Waals surface area contributed by atoms with Gasteiger partial charge in [-0.15, -0.1) is 0 Å². The molecule has 10 heteroatoms. The first-order valence-corrected chi connectivity index (χ1v) is 11.9. The van der Waals surface area contributed by atoms with E-state index in [1.165, 1.54) is 6.07 Å². The number of urea groups is 1. The van der Waals surface area contributed by atoms with E-state index in [0.29, 0.717) is 16.1 Å². The number of carbonyl (C=O) groups is 1. The summed E-state index contributed by atoms with van der Waals surface area (Å²) in [7, 11) is 3.93. The fourth-order valence-corrected chi connectivity index (χ4v) is 4.21. The largest absolute Gasteiger partial charge is 0.592 e. The molecule has 0 spiro atoms. The number of nitrogens with one attached hydrogen (secondary N) is 3. The second-order valence-electron chi connectivity index (χ2n) is 8.62. The maximum absolute atomic E-state index is 12.8. The normalized spacial score (nSPS) is 14.6. The zero-order chi connectivity index (χ0) is 24.1. The molecular formula is C23H30F2N4O3S. The molecule has 2 aromatic rings.